The Labute approximate surface area is 70.1 Å². The topological polar surface area (TPSA) is 17.1 Å². The van der Waals surface area contributed by atoms with Gasteiger partial charge < -0.3 is 0 Å². The normalized spacial score (nSPS) is 20.6. The molecule has 0 aromatic heterocycles. The first-order chi connectivity index (χ1) is 5.55. The van der Waals surface area contributed by atoms with Crippen LogP contribution in [0.3, 0.4) is 0 Å². The molecule has 1 saturated carbocycles. The van der Waals surface area contributed by atoms with E-state index in [9.17, 15) is 13.6 Å². The summed E-state index contributed by atoms with van der Waals surface area (Å²) in [5, 5.41) is 0. The van der Waals surface area contributed by atoms with Gasteiger partial charge in [-0.1, -0.05) is 5.92 Å². The zero-order chi connectivity index (χ0) is 9.19. The highest BCUT2D eigenvalue weighted by atomic mass is 19.3. The van der Waals surface area contributed by atoms with Gasteiger partial charge in [-0.15, -0.1) is 5.92 Å². The summed E-state index contributed by atoms with van der Waals surface area (Å²) in [4.78, 5) is 11.0. The van der Waals surface area contributed by atoms with Crippen LogP contribution in [0.2, 0.25) is 0 Å². The maximum absolute atomic E-state index is 12.3. The maximum Gasteiger partial charge on any atom is 0.249 e. The summed E-state index contributed by atoms with van der Waals surface area (Å²) < 4.78 is 24.6. The summed E-state index contributed by atoms with van der Waals surface area (Å²) in [6, 6.07) is 0. The van der Waals surface area contributed by atoms with Crippen LogP contribution in [0.25, 0.3) is 0 Å². The van der Waals surface area contributed by atoms with Crippen molar-refractivity contribution < 1.29 is 13.6 Å². The molecule has 0 aromatic rings. The van der Waals surface area contributed by atoms with Crippen LogP contribution in [0.15, 0.2) is 0 Å². The highest BCUT2D eigenvalue weighted by Gasteiger charge is 2.47. The molecule has 0 N–H and O–H groups in total. The summed E-state index contributed by atoms with van der Waals surface area (Å²) in [7, 11) is 0. The van der Waals surface area contributed by atoms with Crippen LogP contribution in [0.1, 0.15) is 26.2 Å². The lowest BCUT2D eigenvalue weighted by Gasteiger charge is -2.33. The Morgan fingerprint density at radius 1 is 1.58 bits per heavy atom. The number of alkyl halides is 2. The van der Waals surface area contributed by atoms with Crippen LogP contribution in [0.4, 0.5) is 8.78 Å². The van der Waals surface area contributed by atoms with Crippen LogP contribution in [0.5, 0.6) is 0 Å². The lowest BCUT2D eigenvalue weighted by molar-refractivity contribution is -0.147. The number of rotatable bonds is 2. The Bertz CT molecular complexity index is 239. The number of hydrogen-bond donors (Lipinski definition) is 0. The molecule has 66 valence electrons. The molecule has 0 heterocycles. The number of hydrogen-bond acceptors (Lipinski definition) is 1. The zero-order valence-electron chi connectivity index (χ0n) is 6.86. The Balaban J connectivity index is 2.32. The number of carbonyl (C=O) groups is 1. The smallest absolute Gasteiger partial charge is 0.249 e. The zero-order valence-corrected chi connectivity index (χ0v) is 6.86. The van der Waals surface area contributed by atoms with Gasteiger partial charge in [-0.05, 0) is 6.92 Å². The van der Waals surface area contributed by atoms with Crippen molar-refractivity contribution in [2.45, 2.75) is 32.1 Å². The molecule has 0 spiro atoms. The molecule has 12 heavy (non-hydrogen) atoms. The summed E-state index contributed by atoms with van der Waals surface area (Å²) in [5.74, 6) is 1.96. The van der Waals surface area contributed by atoms with Gasteiger partial charge in [0.05, 0.1) is 6.42 Å². The minimum absolute atomic E-state index is 0.122. The van der Waals surface area contributed by atoms with Gasteiger partial charge in [0.25, 0.3) is 0 Å². The Morgan fingerprint density at radius 3 is 2.58 bits per heavy atom. The Hall–Kier alpha value is -0.910. The van der Waals surface area contributed by atoms with E-state index >= 15 is 0 Å². The second kappa shape index (κ2) is 3.22. The van der Waals surface area contributed by atoms with Gasteiger partial charge in [0.15, 0.2) is 0 Å². The Kier molecular flexibility index (Phi) is 2.46. The lowest BCUT2D eigenvalue weighted by atomic mass is 9.78. The summed E-state index contributed by atoms with van der Waals surface area (Å²) in [6.45, 7) is 1.63. The summed E-state index contributed by atoms with van der Waals surface area (Å²) in [5.41, 5.74) is 0. The first-order valence-corrected chi connectivity index (χ1v) is 3.85. The standard InChI is InChI=1S/C9H10F2O/c1-2-3-4-8(12)7-5-9(10,11)6-7/h7H,4-6H2,1H3. The van der Waals surface area contributed by atoms with E-state index in [4.69, 9.17) is 0 Å². The number of halogens is 2. The van der Waals surface area contributed by atoms with E-state index in [0.717, 1.165) is 0 Å². The van der Waals surface area contributed by atoms with Gasteiger partial charge in [0.2, 0.25) is 5.92 Å². The molecule has 1 rings (SSSR count). The minimum Gasteiger partial charge on any atom is -0.298 e. The molecule has 0 amide bonds. The van der Waals surface area contributed by atoms with E-state index in [2.05, 4.69) is 11.8 Å². The number of ketones is 1. The molecule has 0 atom stereocenters. The molecule has 1 aliphatic rings. The third-order valence-corrected chi connectivity index (χ3v) is 1.98. The van der Waals surface area contributed by atoms with Crippen LogP contribution in [-0.2, 0) is 4.79 Å². The average Bonchev–Trinajstić information content (AvgIpc) is 1.95. The van der Waals surface area contributed by atoms with E-state index < -0.39 is 11.8 Å². The van der Waals surface area contributed by atoms with Crippen molar-refractivity contribution in [1.82, 2.24) is 0 Å². The largest absolute Gasteiger partial charge is 0.298 e. The predicted molar refractivity (Wildman–Crippen MR) is 40.7 cm³/mol. The molecule has 1 nitrogen and oxygen atoms in total. The van der Waals surface area contributed by atoms with Crippen LogP contribution in [-0.4, -0.2) is 11.7 Å². The molecule has 0 aliphatic heterocycles. The molecule has 1 aliphatic carbocycles. The first-order valence-electron chi connectivity index (χ1n) is 3.85. The van der Waals surface area contributed by atoms with Gasteiger partial charge in [-0.3, -0.25) is 4.79 Å². The van der Waals surface area contributed by atoms with E-state index in [-0.39, 0.29) is 25.0 Å². The second-order valence-electron chi connectivity index (χ2n) is 3.03. The van der Waals surface area contributed by atoms with Gasteiger partial charge in [-0.2, -0.15) is 0 Å². The third kappa shape index (κ3) is 2.04. The fraction of sp³-hybridized carbons (Fsp3) is 0.667. The molecule has 0 aromatic carbocycles. The predicted octanol–water partition coefficient (Wildman–Crippen LogP) is 2.01. The van der Waals surface area contributed by atoms with Gasteiger partial charge in [0.1, 0.15) is 5.78 Å². The molecular formula is C9H10F2O. The molecule has 1 fully saturated rings. The number of Topliss-reactive ketones (excluding diaryl/α,β-unsaturated/α-hetero) is 1. The highest BCUT2D eigenvalue weighted by Crippen LogP contribution is 2.43. The van der Waals surface area contributed by atoms with E-state index in [1.165, 1.54) is 0 Å². The Morgan fingerprint density at radius 2 is 2.17 bits per heavy atom. The van der Waals surface area contributed by atoms with Gasteiger partial charge >= 0.3 is 0 Å². The summed E-state index contributed by atoms with van der Waals surface area (Å²) >= 11 is 0. The van der Waals surface area contributed by atoms with E-state index in [1.54, 1.807) is 6.92 Å². The van der Waals surface area contributed by atoms with Gasteiger partial charge in [-0.25, -0.2) is 8.78 Å². The van der Waals surface area contributed by atoms with E-state index in [1.807, 2.05) is 0 Å². The summed E-state index contributed by atoms with van der Waals surface area (Å²) in [6.07, 6.45) is -0.439. The highest BCUT2D eigenvalue weighted by molar-refractivity contribution is 5.84. The number of carbonyl (C=O) groups excluding carboxylic acids is 1. The van der Waals surface area contributed by atoms with Crippen LogP contribution in [0, 0.1) is 17.8 Å². The average molecular weight is 172 g/mol. The van der Waals surface area contributed by atoms with Crippen molar-refractivity contribution in [3.8, 4) is 11.8 Å². The SMILES string of the molecule is CC#CCC(=O)C1CC(F)(F)C1. The van der Waals surface area contributed by atoms with Crippen molar-refractivity contribution >= 4 is 5.78 Å². The fourth-order valence-corrected chi connectivity index (χ4v) is 1.21. The third-order valence-electron chi connectivity index (χ3n) is 1.98. The monoisotopic (exact) mass is 172 g/mol. The fourth-order valence-electron chi connectivity index (χ4n) is 1.21. The van der Waals surface area contributed by atoms with Crippen molar-refractivity contribution in [2.75, 3.05) is 0 Å². The molecule has 0 unspecified atom stereocenters. The van der Waals surface area contributed by atoms with Crippen molar-refractivity contribution in [3.63, 3.8) is 0 Å². The van der Waals surface area contributed by atoms with Crippen LogP contribution < -0.4 is 0 Å². The van der Waals surface area contributed by atoms with Crippen LogP contribution >= 0.6 is 0 Å². The van der Waals surface area contributed by atoms with Gasteiger partial charge in [0, 0.05) is 18.8 Å². The minimum atomic E-state index is -2.60. The van der Waals surface area contributed by atoms with E-state index in [0.29, 0.717) is 0 Å². The molecule has 0 saturated heterocycles. The quantitative estimate of drug-likeness (QED) is 0.582. The van der Waals surface area contributed by atoms with Crippen molar-refractivity contribution in [1.29, 1.82) is 0 Å². The maximum atomic E-state index is 12.3. The molecule has 0 bridgehead atoms. The molecule has 3 heteroatoms. The second-order valence-corrected chi connectivity index (χ2v) is 3.03. The van der Waals surface area contributed by atoms with Crippen molar-refractivity contribution in [3.05, 3.63) is 0 Å². The lowest BCUT2D eigenvalue weighted by Crippen LogP contribution is -2.39. The van der Waals surface area contributed by atoms with Crippen molar-refractivity contribution in [2.24, 2.45) is 5.92 Å². The molecular weight excluding hydrogens is 162 g/mol. The molecule has 0 radical (unpaired) electrons. The first kappa shape index (κ1) is 9.18.